The van der Waals surface area contributed by atoms with E-state index in [-0.39, 0.29) is 6.61 Å². The Hall–Kier alpha value is -2.51. The van der Waals surface area contributed by atoms with Crippen molar-refractivity contribution in [3.05, 3.63) is 56.6 Å². The molecule has 134 valence electrons. The van der Waals surface area contributed by atoms with Gasteiger partial charge in [-0.2, -0.15) is 0 Å². The van der Waals surface area contributed by atoms with Crippen molar-refractivity contribution in [1.29, 1.82) is 0 Å². The fourth-order valence-electron chi connectivity index (χ4n) is 2.39. The third kappa shape index (κ3) is 4.36. The molecule has 0 aliphatic carbocycles. The SMILES string of the molecule is Cc1ccc(-c2csc(NC(=O)COC(=O)c3cc(C)sc3C)n2)cc1. The van der Waals surface area contributed by atoms with E-state index in [2.05, 4.69) is 10.3 Å². The van der Waals surface area contributed by atoms with E-state index in [4.69, 9.17) is 4.74 Å². The van der Waals surface area contributed by atoms with Crippen LogP contribution in [-0.4, -0.2) is 23.5 Å². The summed E-state index contributed by atoms with van der Waals surface area (Å²) in [6.07, 6.45) is 0. The maximum absolute atomic E-state index is 12.0. The number of hydrogen-bond acceptors (Lipinski definition) is 6. The number of carbonyl (C=O) groups excluding carboxylic acids is 2. The summed E-state index contributed by atoms with van der Waals surface area (Å²) < 4.78 is 5.09. The Morgan fingerprint density at radius 1 is 1.15 bits per heavy atom. The van der Waals surface area contributed by atoms with E-state index >= 15 is 0 Å². The number of amides is 1. The first-order valence-electron chi connectivity index (χ1n) is 7.99. The zero-order valence-electron chi connectivity index (χ0n) is 14.7. The second-order valence-corrected chi connectivity index (χ2v) is 8.17. The third-order valence-corrected chi connectivity index (χ3v) is 5.42. The van der Waals surface area contributed by atoms with Crippen LogP contribution in [0.1, 0.15) is 25.7 Å². The van der Waals surface area contributed by atoms with E-state index < -0.39 is 11.9 Å². The minimum atomic E-state index is -0.485. The van der Waals surface area contributed by atoms with Crippen molar-refractivity contribution in [3.8, 4) is 11.3 Å². The number of thiazole rings is 1. The van der Waals surface area contributed by atoms with Gasteiger partial charge in [0.05, 0.1) is 11.3 Å². The minimum Gasteiger partial charge on any atom is -0.452 e. The Labute approximate surface area is 159 Å². The summed E-state index contributed by atoms with van der Waals surface area (Å²) >= 11 is 2.86. The largest absolute Gasteiger partial charge is 0.452 e. The molecule has 7 heteroatoms. The van der Waals surface area contributed by atoms with Crippen LogP contribution in [0, 0.1) is 20.8 Å². The van der Waals surface area contributed by atoms with E-state index in [0.717, 1.165) is 21.0 Å². The van der Waals surface area contributed by atoms with E-state index in [1.54, 1.807) is 6.07 Å². The number of rotatable bonds is 5. The summed E-state index contributed by atoms with van der Waals surface area (Å²) in [6.45, 7) is 5.47. The van der Waals surface area contributed by atoms with Gasteiger partial charge in [0.25, 0.3) is 5.91 Å². The van der Waals surface area contributed by atoms with Crippen LogP contribution in [0.2, 0.25) is 0 Å². The highest BCUT2D eigenvalue weighted by Gasteiger charge is 2.15. The number of aromatic nitrogens is 1. The van der Waals surface area contributed by atoms with Gasteiger partial charge in [0, 0.05) is 20.7 Å². The minimum absolute atomic E-state index is 0.341. The van der Waals surface area contributed by atoms with Crippen molar-refractivity contribution >= 4 is 39.7 Å². The van der Waals surface area contributed by atoms with Crippen molar-refractivity contribution in [2.75, 3.05) is 11.9 Å². The Bertz CT molecular complexity index is 942. The molecular weight excluding hydrogens is 368 g/mol. The molecule has 0 saturated carbocycles. The standard InChI is InChI=1S/C19H18N2O3S2/c1-11-4-6-14(7-5-11)16-10-25-19(20-16)21-17(22)9-24-18(23)15-8-12(2)26-13(15)3/h4-8,10H,9H2,1-3H3,(H,20,21,22). The van der Waals surface area contributed by atoms with Gasteiger partial charge < -0.3 is 4.74 Å². The van der Waals surface area contributed by atoms with Gasteiger partial charge in [-0.25, -0.2) is 9.78 Å². The van der Waals surface area contributed by atoms with Gasteiger partial charge in [-0.1, -0.05) is 29.8 Å². The van der Waals surface area contributed by atoms with Crippen molar-refractivity contribution in [1.82, 2.24) is 4.98 Å². The van der Waals surface area contributed by atoms with Crippen LogP contribution >= 0.6 is 22.7 Å². The molecule has 0 aliphatic rings. The highest BCUT2D eigenvalue weighted by Crippen LogP contribution is 2.25. The molecule has 0 aliphatic heterocycles. The lowest BCUT2D eigenvalue weighted by Gasteiger charge is -2.04. The molecule has 1 aromatic carbocycles. The Morgan fingerprint density at radius 2 is 1.88 bits per heavy atom. The van der Waals surface area contributed by atoms with Gasteiger partial charge in [-0.15, -0.1) is 22.7 Å². The van der Waals surface area contributed by atoms with Crippen molar-refractivity contribution in [2.24, 2.45) is 0 Å². The van der Waals surface area contributed by atoms with Crippen LogP contribution in [0.5, 0.6) is 0 Å². The molecular formula is C19H18N2O3S2. The summed E-state index contributed by atoms with van der Waals surface area (Å²) in [5, 5.41) is 5.02. The van der Waals surface area contributed by atoms with Gasteiger partial charge in [0.2, 0.25) is 0 Å². The molecule has 0 unspecified atom stereocenters. The van der Waals surface area contributed by atoms with Gasteiger partial charge in [0.1, 0.15) is 0 Å². The second kappa shape index (κ2) is 7.80. The van der Waals surface area contributed by atoms with Gasteiger partial charge in [-0.3, -0.25) is 10.1 Å². The average Bonchev–Trinajstić information content (AvgIpc) is 3.19. The lowest BCUT2D eigenvalue weighted by Crippen LogP contribution is -2.20. The maximum atomic E-state index is 12.0. The first kappa shape index (κ1) is 18.3. The number of anilines is 1. The lowest BCUT2D eigenvalue weighted by molar-refractivity contribution is -0.119. The highest BCUT2D eigenvalue weighted by molar-refractivity contribution is 7.14. The molecule has 2 heterocycles. The Morgan fingerprint density at radius 3 is 2.54 bits per heavy atom. The molecule has 0 bridgehead atoms. The molecule has 1 N–H and O–H groups in total. The van der Waals surface area contributed by atoms with Crippen molar-refractivity contribution in [3.63, 3.8) is 0 Å². The number of nitrogens with one attached hydrogen (secondary N) is 1. The molecule has 1 amide bonds. The number of aryl methyl sites for hydroxylation is 3. The molecule has 0 radical (unpaired) electrons. The smallest absolute Gasteiger partial charge is 0.339 e. The molecule has 0 saturated heterocycles. The highest BCUT2D eigenvalue weighted by atomic mass is 32.1. The van der Waals surface area contributed by atoms with Crippen LogP contribution in [0.3, 0.4) is 0 Å². The van der Waals surface area contributed by atoms with Gasteiger partial charge in [-0.05, 0) is 26.8 Å². The number of esters is 1. The van der Waals surface area contributed by atoms with Crippen molar-refractivity contribution < 1.29 is 14.3 Å². The maximum Gasteiger partial charge on any atom is 0.339 e. The van der Waals surface area contributed by atoms with E-state index in [9.17, 15) is 9.59 Å². The van der Waals surface area contributed by atoms with Gasteiger partial charge >= 0.3 is 5.97 Å². The summed E-state index contributed by atoms with van der Waals surface area (Å²) in [5.74, 6) is -0.894. The van der Waals surface area contributed by atoms with Crippen LogP contribution in [-0.2, 0) is 9.53 Å². The summed E-state index contributed by atoms with van der Waals surface area (Å²) in [5.41, 5.74) is 3.47. The quantitative estimate of drug-likeness (QED) is 0.651. The van der Waals surface area contributed by atoms with Crippen LogP contribution in [0.4, 0.5) is 5.13 Å². The molecule has 5 nitrogen and oxygen atoms in total. The first-order valence-corrected chi connectivity index (χ1v) is 9.68. The molecule has 0 atom stereocenters. The van der Waals surface area contributed by atoms with Crippen LogP contribution in [0.25, 0.3) is 11.3 Å². The van der Waals surface area contributed by atoms with E-state index in [1.165, 1.54) is 28.2 Å². The summed E-state index contributed by atoms with van der Waals surface area (Å²) in [4.78, 5) is 30.4. The first-order chi connectivity index (χ1) is 12.4. The number of ether oxygens (including phenoxy) is 1. The zero-order valence-corrected chi connectivity index (χ0v) is 16.3. The Kier molecular flexibility index (Phi) is 5.49. The van der Waals surface area contributed by atoms with Crippen LogP contribution in [0.15, 0.2) is 35.7 Å². The molecule has 3 rings (SSSR count). The number of nitrogens with zero attached hydrogens (tertiary/aromatic N) is 1. The monoisotopic (exact) mass is 386 g/mol. The normalized spacial score (nSPS) is 10.6. The summed E-state index contributed by atoms with van der Waals surface area (Å²) in [6, 6.07) is 9.78. The second-order valence-electron chi connectivity index (χ2n) is 5.86. The molecule has 3 aromatic rings. The number of hydrogen-bond donors (Lipinski definition) is 1. The van der Waals surface area contributed by atoms with Crippen molar-refractivity contribution in [2.45, 2.75) is 20.8 Å². The summed E-state index contributed by atoms with van der Waals surface area (Å²) in [7, 11) is 0. The topological polar surface area (TPSA) is 68.3 Å². The zero-order chi connectivity index (χ0) is 18.7. The fraction of sp³-hybridized carbons (Fsp3) is 0.211. The predicted molar refractivity (Wildman–Crippen MR) is 105 cm³/mol. The molecule has 26 heavy (non-hydrogen) atoms. The number of thiophene rings is 1. The average molecular weight is 386 g/mol. The number of carbonyl (C=O) groups is 2. The molecule has 0 spiro atoms. The van der Waals surface area contributed by atoms with Gasteiger partial charge in [0.15, 0.2) is 11.7 Å². The predicted octanol–water partition coefficient (Wildman–Crippen LogP) is 4.59. The Balaban J connectivity index is 1.56. The van der Waals surface area contributed by atoms with Crippen LogP contribution < -0.4 is 5.32 Å². The van der Waals surface area contributed by atoms with E-state index in [1.807, 2.05) is 50.4 Å². The molecule has 2 aromatic heterocycles. The molecule has 0 fully saturated rings. The lowest BCUT2D eigenvalue weighted by atomic mass is 10.1. The third-order valence-electron chi connectivity index (χ3n) is 3.69. The fourth-order valence-corrected chi connectivity index (χ4v) is 4.03. The number of benzene rings is 1. The van der Waals surface area contributed by atoms with E-state index in [0.29, 0.717) is 10.7 Å².